The van der Waals surface area contributed by atoms with Crippen molar-refractivity contribution in [3.05, 3.63) is 47.3 Å². The molecule has 0 aliphatic heterocycles. The molecule has 1 aromatic carbocycles. The van der Waals surface area contributed by atoms with Gasteiger partial charge in [0.25, 0.3) is 0 Å². The number of aliphatic imine (C=N–C) groups is 1. The number of hydrogen-bond donors (Lipinski definition) is 1. The predicted molar refractivity (Wildman–Crippen MR) is 101 cm³/mol. The Balaban J connectivity index is 0.00000156. The van der Waals surface area contributed by atoms with E-state index in [-0.39, 0.29) is 18.4 Å². The third kappa shape index (κ3) is 2.56. The van der Waals surface area contributed by atoms with Crippen molar-refractivity contribution in [2.24, 2.45) is 10.7 Å². The fourth-order valence-electron chi connectivity index (χ4n) is 2.74. The molecule has 0 radical (unpaired) electrons. The summed E-state index contributed by atoms with van der Waals surface area (Å²) in [5, 5.41) is 2.11. The molecule has 3 aromatic heterocycles. The van der Waals surface area contributed by atoms with E-state index in [1.54, 1.807) is 11.3 Å². The Kier molecular flexibility index (Phi) is 4.00. The highest BCUT2D eigenvalue weighted by atomic mass is 35.5. The van der Waals surface area contributed by atoms with E-state index in [2.05, 4.69) is 39.0 Å². The molecule has 118 valence electrons. The van der Waals surface area contributed by atoms with Crippen LogP contribution in [0.1, 0.15) is 19.4 Å². The van der Waals surface area contributed by atoms with Gasteiger partial charge in [0.1, 0.15) is 11.5 Å². The lowest BCUT2D eigenvalue weighted by Crippen LogP contribution is -2.15. The molecule has 4 nitrogen and oxygen atoms in total. The van der Waals surface area contributed by atoms with Crippen LogP contribution in [0.4, 0.5) is 0 Å². The topological polar surface area (TPSA) is 55.7 Å². The van der Waals surface area contributed by atoms with Gasteiger partial charge in [-0.3, -0.25) is 9.39 Å². The van der Waals surface area contributed by atoms with Crippen molar-refractivity contribution in [3.8, 4) is 0 Å². The fourth-order valence-corrected chi connectivity index (χ4v) is 3.52. The standard InChI is InChI=1S/C17H16N4S.ClH/c1-10(2)19-17(18)11-3-4-12-14(9-11)21-13-7-8-22-15(13)5-6-16(21)20-12;/h3-10H,1-2H3,(H2,18,19);1H. The minimum Gasteiger partial charge on any atom is -0.383 e. The summed E-state index contributed by atoms with van der Waals surface area (Å²) in [7, 11) is 0. The van der Waals surface area contributed by atoms with Crippen LogP contribution in [0.3, 0.4) is 0 Å². The summed E-state index contributed by atoms with van der Waals surface area (Å²) in [6, 6.07) is 12.6. The molecule has 0 spiro atoms. The highest BCUT2D eigenvalue weighted by Gasteiger charge is 2.10. The Morgan fingerprint density at radius 1 is 1.17 bits per heavy atom. The Morgan fingerprint density at radius 2 is 2.00 bits per heavy atom. The molecule has 6 heteroatoms. The summed E-state index contributed by atoms with van der Waals surface area (Å²) in [6.45, 7) is 4.04. The molecule has 4 rings (SSSR count). The summed E-state index contributed by atoms with van der Waals surface area (Å²) < 4.78 is 3.44. The SMILES string of the molecule is CC(C)N=C(N)c1ccc2nc3ccc4sccc4n3c2c1.Cl. The van der Waals surface area contributed by atoms with Gasteiger partial charge >= 0.3 is 0 Å². The highest BCUT2D eigenvalue weighted by Crippen LogP contribution is 2.27. The van der Waals surface area contributed by atoms with Crippen LogP contribution in [-0.4, -0.2) is 21.3 Å². The normalized spacial score (nSPS) is 12.4. The molecule has 0 atom stereocenters. The van der Waals surface area contributed by atoms with Crippen LogP contribution >= 0.6 is 23.7 Å². The third-order valence-corrected chi connectivity index (χ3v) is 4.54. The molecule has 23 heavy (non-hydrogen) atoms. The first-order valence-electron chi connectivity index (χ1n) is 7.25. The number of nitrogens with two attached hydrogens (primary N) is 1. The Morgan fingerprint density at radius 3 is 2.78 bits per heavy atom. The van der Waals surface area contributed by atoms with Crippen LogP contribution in [0.25, 0.3) is 26.9 Å². The number of pyridine rings is 1. The maximum absolute atomic E-state index is 6.11. The van der Waals surface area contributed by atoms with Crippen LogP contribution < -0.4 is 5.73 Å². The third-order valence-electron chi connectivity index (χ3n) is 3.67. The van der Waals surface area contributed by atoms with Crippen LogP contribution in [-0.2, 0) is 0 Å². The van der Waals surface area contributed by atoms with Crippen LogP contribution in [0.5, 0.6) is 0 Å². The first-order chi connectivity index (χ1) is 10.6. The monoisotopic (exact) mass is 344 g/mol. The number of halogens is 1. The number of imidazole rings is 1. The van der Waals surface area contributed by atoms with E-state index in [0.29, 0.717) is 5.84 Å². The van der Waals surface area contributed by atoms with Gasteiger partial charge in [-0.25, -0.2) is 4.98 Å². The summed E-state index contributed by atoms with van der Waals surface area (Å²) >= 11 is 1.74. The zero-order valence-corrected chi connectivity index (χ0v) is 14.5. The van der Waals surface area contributed by atoms with E-state index in [0.717, 1.165) is 22.2 Å². The fraction of sp³-hybridized carbons (Fsp3) is 0.176. The van der Waals surface area contributed by atoms with Crippen LogP contribution in [0.2, 0.25) is 0 Å². The number of fused-ring (bicyclic) bond motifs is 5. The number of amidine groups is 1. The second-order valence-corrected chi connectivity index (χ2v) is 6.57. The second kappa shape index (κ2) is 5.83. The van der Waals surface area contributed by atoms with Crippen molar-refractivity contribution in [1.82, 2.24) is 9.38 Å². The summed E-state index contributed by atoms with van der Waals surface area (Å²) in [6.07, 6.45) is 0. The molecular formula is C17H17ClN4S. The quantitative estimate of drug-likeness (QED) is 0.437. The first kappa shape index (κ1) is 15.8. The van der Waals surface area contributed by atoms with Gasteiger partial charge in [0, 0.05) is 11.6 Å². The number of aromatic nitrogens is 2. The lowest BCUT2D eigenvalue weighted by atomic mass is 10.2. The van der Waals surface area contributed by atoms with Gasteiger partial charge in [0.15, 0.2) is 0 Å². The number of nitrogens with zero attached hydrogens (tertiary/aromatic N) is 3. The molecule has 0 saturated heterocycles. The summed E-state index contributed by atoms with van der Waals surface area (Å²) in [5.74, 6) is 0.573. The second-order valence-electron chi connectivity index (χ2n) is 5.62. The van der Waals surface area contributed by atoms with E-state index >= 15 is 0 Å². The first-order valence-corrected chi connectivity index (χ1v) is 8.13. The van der Waals surface area contributed by atoms with Crippen molar-refractivity contribution in [2.45, 2.75) is 19.9 Å². The minimum absolute atomic E-state index is 0. The van der Waals surface area contributed by atoms with Crippen LogP contribution in [0, 0.1) is 0 Å². The van der Waals surface area contributed by atoms with Crippen molar-refractivity contribution >= 4 is 56.5 Å². The van der Waals surface area contributed by atoms with E-state index in [9.17, 15) is 0 Å². The van der Waals surface area contributed by atoms with E-state index < -0.39 is 0 Å². The number of thiophene rings is 1. The molecule has 0 aliphatic carbocycles. The predicted octanol–water partition coefficient (Wildman–Crippen LogP) is 4.24. The number of hydrogen-bond acceptors (Lipinski definition) is 3. The van der Waals surface area contributed by atoms with Crippen molar-refractivity contribution < 1.29 is 0 Å². The zero-order chi connectivity index (χ0) is 15.3. The van der Waals surface area contributed by atoms with Gasteiger partial charge in [0.2, 0.25) is 0 Å². The van der Waals surface area contributed by atoms with E-state index in [1.807, 2.05) is 26.0 Å². The summed E-state index contributed by atoms with van der Waals surface area (Å²) in [4.78, 5) is 9.13. The van der Waals surface area contributed by atoms with E-state index in [1.165, 1.54) is 10.2 Å². The van der Waals surface area contributed by atoms with Gasteiger partial charge in [-0.1, -0.05) is 0 Å². The lowest BCUT2D eigenvalue weighted by molar-refractivity contribution is 0.834. The molecular weight excluding hydrogens is 328 g/mol. The summed E-state index contributed by atoms with van der Waals surface area (Å²) in [5.41, 5.74) is 11.2. The maximum Gasteiger partial charge on any atom is 0.138 e. The lowest BCUT2D eigenvalue weighted by Gasteiger charge is -2.04. The molecule has 0 fully saturated rings. The molecule has 0 bridgehead atoms. The number of rotatable bonds is 2. The number of benzene rings is 1. The highest BCUT2D eigenvalue weighted by molar-refractivity contribution is 7.17. The smallest absolute Gasteiger partial charge is 0.138 e. The Bertz CT molecular complexity index is 1030. The molecule has 0 unspecified atom stereocenters. The molecule has 2 N–H and O–H groups in total. The van der Waals surface area contributed by atoms with Crippen molar-refractivity contribution in [3.63, 3.8) is 0 Å². The maximum atomic E-state index is 6.11. The average molecular weight is 345 g/mol. The van der Waals surface area contributed by atoms with Gasteiger partial charge in [-0.05, 0) is 55.6 Å². The molecule has 3 heterocycles. The zero-order valence-electron chi connectivity index (χ0n) is 12.9. The molecule has 0 saturated carbocycles. The van der Waals surface area contributed by atoms with Crippen molar-refractivity contribution in [1.29, 1.82) is 0 Å². The molecule has 0 aliphatic rings. The average Bonchev–Trinajstić information content (AvgIpc) is 3.08. The van der Waals surface area contributed by atoms with Gasteiger partial charge in [-0.2, -0.15) is 0 Å². The Hall–Kier alpha value is -2.11. The van der Waals surface area contributed by atoms with Gasteiger partial charge in [0.05, 0.1) is 21.3 Å². The van der Waals surface area contributed by atoms with Crippen molar-refractivity contribution in [2.75, 3.05) is 0 Å². The molecule has 0 amide bonds. The van der Waals surface area contributed by atoms with Gasteiger partial charge < -0.3 is 5.73 Å². The largest absolute Gasteiger partial charge is 0.383 e. The molecule has 4 aromatic rings. The van der Waals surface area contributed by atoms with Crippen LogP contribution in [0.15, 0.2) is 46.8 Å². The van der Waals surface area contributed by atoms with Gasteiger partial charge in [-0.15, -0.1) is 23.7 Å². The van der Waals surface area contributed by atoms with E-state index in [4.69, 9.17) is 10.7 Å². The minimum atomic E-state index is 0. The Labute approximate surface area is 144 Å².